The first-order valence-electron chi connectivity index (χ1n) is 9.61. The lowest BCUT2D eigenvalue weighted by molar-refractivity contribution is 0.391. The van der Waals surface area contributed by atoms with E-state index in [-0.39, 0.29) is 6.04 Å². The van der Waals surface area contributed by atoms with Gasteiger partial charge in [0.2, 0.25) is 0 Å². The highest BCUT2D eigenvalue weighted by Gasteiger charge is 2.21. The predicted octanol–water partition coefficient (Wildman–Crippen LogP) is 5.20. The molecule has 0 fully saturated rings. The molecule has 0 amide bonds. The van der Waals surface area contributed by atoms with Gasteiger partial charge in [-0.3, -0.25) is 0 Å². The van der Waals surface area contributed by atoms with Gasteiger partial charge in [0.1, 0.15) is 22.2 Å². The predicted molar refractivity (Wildman–Crippen MR) is 118 cm³/mol. The van der Waals surface area contributed by atoms with Crippen LogP contribution >= 0.6 is 11.3 Å². The van der Waals surface area contributed by atoms with E-state index in [1.54, 1.807) is 11.3 Å². The highest BCUT2D eigenvalue weighted by molar-refractivity contribution is 7.17. The zero-order valence-corrected chi connectivity index (χ0v) is 18.2. The van der Waals surface area contributed by atoms with Crippen LogP contribution in [0.15, 0.2) is 40.2 Å². The number of aromatic nitrogens is 3. The van der Waals surface area contributed by atoms with E-state index in [2.05, 4.69) is 51.9 Å². The number of thiophene rings is 1. The van der Waals surface area contributed by atoms with E-state index >= 15 is 0 Å². The highest BCUT2D eigenvalue weighted by atomic mass is 32.1. The van der Waals surface area contributed by atoms with Crippen LogP contribution in [0.5, 0.6) is 0 Å². The van der Waals surface area contributed by atoms with E-state index in [0.29, 0.717) is 6.54 Å². The zero-order valence-electron chi connectivity index (χ0n) is 17.4. The minimum Gasteiger partial charge on any atom is -0.363 e. The molecule has 6 nitrogen and oxygen atoms in total. The third-order valence-electron chi connectivity index (χ3n) is 4.90. The average molecular weight is 408 g/mol. The molecule has 1 N–H and O–H groups in total. The van der Waals surface area contributed by atoms with E-state index in [4.69, 9.17) is 14.5 Å². The Morgan fingerprint density at radius 2 is 1.90 bits per heavy atom. The van der Waals surface area contributed by atoms with Crippen molar-refractivity contribution in [3.63, 3.8) is 0 Å². The first-order valence-corrected chi connectivity index (χ1v) is 10.5. The molecule has 0 spiro atoms. The van der Waals surface area contributed by atoms with Crippen LogP contribution in [0, 0.1) is 13.8 Å². The second-order valence-corrected chi connectivity index (χ2v) is 8.38. The number of nitrogens with one attached hydrogen (secondary N) is 1. The Balaban J connectivity index is 1.84. The van der Waals surface area contributed by atoms with Crippen molar-refractivity contribution < 1.29 is 4.52 Å². The fourth-order valence-electron chi connectivity index (χ4n) is 3.66. The molecule has 0 saturated heterocycles. The van der Waals surface area contributed by atoms with Crippen LogP contribution in [0.1, 0.15) is 35.8 Å². The maximum absolute atomic E-state index is 5.37. The molecule has 150 valence electrons. The Morgan fingerprint density at radius 3 is 2.55 bits per heavy atom. The monoisotopic (exact) mass is 407 g/mol. The molecule has 4 rings (SSSR count). The molecule has 0 saturated carbocycles. The number of hydrogen-bond donors (Lipinski definition) is 1. The van der Waals surface area contributed by atoms with Gasteiger partial charge in [-0.05, 0) is 40.4 Å². The second-order valence-electron chi connectivity index (χ2n) is 7.53. The van der Waals surface area contributed by atoms with Gasteiger partial charge in [-0.15, -0.1) is 11.3 Å². The number of fused-ring (bicyclic) bond motifs is 1. The summed E-state index contributed by atoms with van der Waals surface area (Å²) in [6.07, 6.45) is 0. The summed E-state index contributed by atoms with van der Waals surface area (Å²) < 4.78 is 5.37. The van der Waals surface area contributed by atoms with Gasteiger partial charge in [0, 0.05) is 16.5 Å². The van der Waals surface area contributed by atoms with Gasteiger partial charge in [0.05, 0.1) is 23.7 Å². The standard InChI is InChI=1S/C22H25N5OS/c1-13(19-14(2)26-28-15(19)3)23-21-20-17(16-9-7-6-8-10-16)12-29-22(20)25-18(24-21)11-27(4)5/h6-10,12-13H,11H2,1-5H3,(H,23,24,25). The van der Waals surface area contributed by atoms with Gasteiger partial charge >= 0.3 is 0 Å². The fourth-order valence-corrected chi connectivity index (χ4v) is 4.63. The number of aryl methyl sites for hydroxylation is 2. The van der Waals surface area contributed by atoms with E-state index in [1.807, 2.05) is 34.0 Å². The molecule has 7 heteroatoms. The fraction of sp³-hybridized carbons (Fsp3) is 0.318. The van der Waals surface area contributed by atoms with Crippen LogP contribution in [0.3, 0.4) is 0 Å². The Morgan fingerprint density at radius 1 is 1.14 bits per heavy atom. The first-order chi connectivity index (χ1) is 13.9. The van der Waals surface area contributed by atoms with Crippen LogP contribution in [-0.4, -0.2) is 34.1 Å². The highest BCUT2D eigenvalue weighted by Crippen LogP contribution is 2.38. The average Bonchev–Trinajstić information content (AvgIpc) is 3.25. The minimum atomic E-state index is 0.00933. The van der Waals surface area contributed by atoms with E-state index in [0.717, 1.165) is 50.0 Å². The Bertz CT molecular complexity index is 1110. The van der Waals surface area contributed by atoms with E-state index < -0.39 is 0 Å². The summed E-state index contributed by atoms with van der Waals surface area (Å²) in [7, 11) is 4.05. The smallest absolute Gasteiger partial charge is 0.146 e. The molecule has 3 heterocycles. The molecule has 0 aliphatic carbocycles. The molecule has 1 atom stereocenters. The molecule has 1 unspecified atom stereocenters. The van der Waals surface area contributed by atoms with Crippen molar-refractivity contribution in [2.45, 2.75) is 33.4 Å². The summed E-state index contributed by atoms with van der Waals surface area (Å²) in [4.78, 5) is 12.8. The van der Waals surface area contributed by atoms with Crippen molar-refractivity contribution in [2.24, 2.45) is 0 Å². The lowest BCUT2D eigenvalue weighted by Crippen LogP contribution is -2.16. The molecular weight excluding hydrogens is 382 g/mol. The lowest BCUT2D eigenvalue weighted by Gasteiger charge is -2.17. The molecule has 0 aliphatic rings. The molecule has 1 aromatic carbocycles. The van der Waals surface area contributed by atoms with Crippen molar-refractivity contribution in [3.8, 4) is 11.1 Å². The van der Waals surface area contributed by atoms with Crippen LogP contribution in [0.25, 0.3) is 21.3 Å². The third kappa shape index (κ3) is 3.88. The van der Waals surface area contributed by atoms with Gasteiger partial charge in [-0.2, -0.15) is 0 Å². The summed E-state index contributed by atoms with van der Waals surface area (Å²) >= 11 is 1.65. The van der Waals surface area contributed by atoms with E-state index in [1.165, 1.54) is 0 Å². The molecule has 4 aromatic rings. The molecular formula is C22H25N5OS. The number of rotatable bonds is 6. The molecule has 0 radical (unpaired) electrons. The minimum absolute atomic E-state index is 0.00933. The van der Waals surface area contributed by atoms with Crippen LogP contribution in [-0.2, 0) is 6.54 Å². The normalized spacial score (nSPS) is 12.6. The summed E-state index contributed by atoms with van der Waals surface area (Å²) in [5.41, 5.74) is 4.28. The second kappa shape index (κ2) is 7.93. The third-order valence-corrected chi connectivity index (χ3v) is 5.77. The van der Waals surface area contributed by atoms with Crippen molar-refractivity contribution in [3.05, 3.63) is 58.6 Å². The van der Waals surface area contributed by atoms with Crippen LogP contribution in [0.4, 0.5) is 5.82 Å². The maximum atomic E-state index is 5.37. The van der Waals surface area contributed by atoms with Gasteiger partial charge in [-0.25, -0.2) is 9.97 Å². The van der Waals surface area contributed by atoms with E-state index in [9.17, 15) is 0 Å². The summed E-state index contributed by atoms with van der Waals surface area (Å²) in [5, 5.41) is 10.9. The van der Waals surface area contributed by atoms with Crippen molar-refractivity contribution >= 4 is 27.4 Å². The summed E-state index contributed by atoms with van der Waals surface area (Å²) in [6, 6.07) is 10.4. The molecule has 29 heavy (non-hydrogen) atoms. The largest absolute Gasteiger partial charge is 0.363 e. The number of benzene rings is 1. The Hall–Kier alpha value is -2.77. The van der Waals surface area contributed by atoms with Gasteiger partial charge in [0.25, 0.3) is 0 Å². The molecule has 3 aromatic heterocycles. The zero-order chi connectivity index (χ0) is 20.5. The maximum Gasteiger partial charge on any atom is 0.146 e. The molecule has 0 bridgehead atoms. The molecule has 0 aliphatic heterocycles. The van der Waals surface area contributed by atoms with Crippen LogP contribution < -0.4 is 5.32 Å². The Labute approximate surface area is 174 Å². The SMILES string of the molecule is Cc1noc(C)c1C(C)Nc1nc(CN(C)C)nc2scc(-c3ccccc3)c12. The number of anilines is 1. The topological polar surface area (TPSA) is 67.1 Å². The quantitative estimate of drug-likeness (QED) is 0.474. The first kappa shape index (κ1) is 19.5. The van der Waals surface area contributed by atoms with Gasteiger partial charge in [0.15, 0.2) is 0 Å². The summed E-state index contributed by atoms with van der Waals surface area (Å²) in [5.74, 6) is 2.48. The number of nitrogens with zero attached hydrogens (tertiary/aromatic N) is 4. The van der Waals surface area contributed by atoms with Gasteiger partial charge < -0.3 is 14.7 Å². The summed E-state index contributed by atoms with van der Waals surface area (Å²) in [6.45, 7) is 6.71. The van der Waals surface area contributed by atoms with Crippen molar-refractivity contribution in [1.29, 1.82) is 0 Å². The van der Waals surface area contributed by atoms with Crippen LogP contribution in [0.2, 0.25) is 0 Å². The van der Waals surface area contributed by atoms with Gasteiger partial charge in [-0.1, -0.05) is 35.5 Å². The van der Waals surface area contributed by atoms with Crippen molar-refractivity contribution in [1.82, 2.24) is 20.0 Å². The lowest BCUT2D eigenvalue weighted by atomic mass is 10.0. The Kier molecular flexibility index (Phi) is 5.34. The number of hydrogen-bond acceptors (Lipinski definition) is 7. The van der Waals surface area contributed by atoms with Crippen molar-refractivity contribution in [2.75, 3.05) is 19.4 Å².